The average Bonchev–Trinajstić information content (AvgIpc) is 2.25. The molecule has 0 amide bonds. The van der Waals surface area contributed by atoms with E-state index in [1.807, 2.05) is 0 Å². The summed E-state index contributed by atoms with van der Waals surface area (Å²) < 4.78 is 18.8. The van der Waals surface area contributed by atoms with E-state index in [2.05, 4.69) is 20.9 Å². The number of alkyl halides is 1. The van der Waals surface area contributed by atoms with Gasteiger partial charge >= 0.3 is 0 Å². The van der Waals surface area contributed by atoms with Gasteiger partial charge in [0.2, 0.25) is 0 Å². The molecule has 0 aliphatic rings. The second-order valence-corrected chi connectivity index (χ2v) is 4.70. The van der Waals surface area contributed by atoms with Gasteiger partial charge in [0.15, 0.2) is 11.6 Å². The molecular formula is C11H13BrFNO3. The Labute approximate surface area is 107 Å². The van der Waals surface area contributed by atoms with Crippen molar-refractivity contribution in [3.63, 3.8) is 0 Å². The highest BCUT2D eigenvalue weighted by Gasteiger charge is 2.19. The van der Waals surface area contributed by atoms with Crippen molar-refractivity contribution in [3.05, 3.63) is 23.6 Å². The molecule has 0 aliphatic heterocycles. The molecule has 0 bridgehead atoms. The molecule has 0 aliphatic carbocycles. The summed E-state index contributed by atoms with van der Waals surface area (Å²) in [5.41, 5.74) is -1.17. The molecule has 0 spiro atoms. The Bertz CT molecular complexity index is 418. The van der Waals surface area contributed by atoms with Crippen molar-refractivity contribution in [2.45, 2.75) is 19.4 Å². The summed E-state index contributed by atoms with van der Waals surface area (Å²) in [4.78, 5) is 15.1. The van der Waals surface area contributed by atoms with Crippen LogP contribution in [0.3, 0.4) is 0 Å². The first-order valence-corrected chi connectivity index (χ1v) is 6.06. The average molecular weight is 306 g/mol. The van der Waals surface area contributed by atoms with Crippen molar-refractivity contribution < 1.29 is 19.0 Å². The maximum Gasteiger partial charge on any atom is 0.251 e. The van der Waals surface area contributed by atoms with Gasteiger partial charge in [-0.25, -0.2) is 9.37 Å². The standard InChI is InChI=1S/C11H13BrFNO3/c1-11(2,16)6-17-10-9(13)7(3-4-14-10)8(15)5-12/h3-4,16H,5-6H2,1-2H3. The van der Waals surface area contributed by atoms with Gasteiger partial charge in [-0.15, -0.1) is 0 Å². The predicted octanol–water partition coefficient (Wildman–Crippen LogP) is 1.95. The molecule has 0 unspecified atom stereocenters. The molecule has 0 saturated carbocycles. The van der Waals surface area contributed by atoms with Gasteiger partial charge in [0, 0.05) is 6.20 Å². The zero-order valence-corrected chi connectivity index (χ0v) is 11.1. The van der Waals surface area contributed by atoms with Gasteiger partial charge in [0.1, 0.15) is 6.61 Å². The number of hydrogen-bond acceptors (Lipinski definition) is 4. The highest BCUT2D eigenvalue weighted by Crippen LogP contribution is 2.19. The molecular weight excluding hydrogens is 293 g/mol. The molecule has 4 nitrogen and oxygen atoms in total. The molecule has 1 aromatic rings. The zero-order chi connectivity index (χ0) is 13.1. The summed E-state index contributed by atoms with van der Waals surface area (Å²) in [7, 11) is 0. The Morgan fingerprint density at radius 1 is 1.65 bits per heavy atom. The van der Waals surface area contributed by atoms with Crippen LogP contribution in [-0.2, 0) is 0 Å². The number of ether oxygens (including phenoxy) is 1. The van der Waals surface area contributed by atoms with Gasteiger partial charge in [-0.05, 0) is 19.9 Å². The van der Waals surface area contributed by atoms with E-state index in [0.717, 1.165) is 0 Å². The molecule has 1 aromatic heterocycles. The fourth-order valence-corrected chi connectivity index (χ4v) is 1.36. The van der Waals surface area contributed by atoms with Crippen molar-refractivity contribution >= 4 is 21.7 Å². The number of aliphatic hydroxyl groups is 1. The fraction of sp³-hybridized carbons (Fsp3) is 0.455. The van der Waals surface area contributed by atoms with E-state index in [1.54, 1.807) is 0 Å². The Balaban J connectivity index is 2.91. The van der Waals surface area contributed by atoms with Crippen LogP contribution in [0.1, 0.15) is 24.2 Å². The van der Waals surface area contributed by atoms with Crippen molar-refractivity contribution in [3.8, 4) is 5.88 Å². The van der Waals surface area contributed by atoms with Crippen LogP contribution < -0.4 is 4.74 Å². The molecule has 0 fully saturated rings. The summed E-state index contributed by atoms with van der Waals surface area (Å²) in [6, 6.07) is 1.29. The van der Waals surface area contributed by atoms with Gasteiger partial charge < -0.3 is 9.84 Å². The summed E-state index contributed by atoms with van der Waals surface area (Å²) >= 11 is 2.96. The Hall–Kier alpha value is -1.01. The lowest BCUT2D eigenvalue weighted by molar-refractivity contribution is 0.0253. The van der Waals surface area contributed by atoms with Crippen molar-refractivity contribution in [2.24, 2.45) is 0 Å². The molecule has 0 aromatic carbocycles. The Morgan fingerprint density at radius 3 is 2.82 bits per heavy atom. The topological polar surface area (TPSA) is 59.4 Å². The van der Waals surface area contributed by atoms with Crippen LogP contribution in [0.5, 0.6) is 5.88 Å². The van der Waals surface area contributed by atoms with Crippen LogP contribution in [0.2, 0.25) is 0 Å². The van der Waals surface area contributed by atoms with E-state index in [0.29, 0.717) is 0 Å². The number of hydrogen-bond donors (Lipinski definition) is 1. The summed E-state index contributed by atoms with van der Waals surface area (Å²) in [6.07, 6.45) is 1.29. The lowest BCUT2D eigenvalue weighted by atomic mass is 10.1. The van der Waals surface area contributed by atoms with E-state index in [9.17, 15) is 14.3 Å². The second-order valence-electron chi connectivity index (χ2n) is 4.14. The molecule has 1 N–H and O–H groups in total. The quantitative estimate of drug-likeness (QED) is 0.667. The minimum atomic E-state index is -1.09. The van der Waals surface area contributed by atoms with E-state index in [1.165, 1.54) is 26.1 Å². The second kappa shape index (κ2) is 5.55. The molecule has 1 rings (SSSR count). The predicted molar refractivity (Wildman–Crippen MR) is 64.1 cm³/mol. The molecule has 0 radical (unpaired) electrons. The van der Waals surface area contributed by atoms with Crippen LogP contribution in [0.25, 0.3) is 0 Å². The van der Waals surface area contributed by atoms with Gasteiger partial charge in [-0.1, -0.05) is 15.9 Å². The molecule has 17 heavy (non-hydrogen) atoms. The molecule has 0 atom stereocenters. The largest absolute Gasteiger partial charge is 0.473 e. The third kappa shape index (κ3) is 4.05. The molecule has 6 heteroatoms. The first kappa shape index (κ1) is 14.1. The summed E-state index contributed by atoms with van der Waals surface area (Å²) in [5, 5.41) is 9.47. The number of carbonyl (C=O) groups is 1. The van der Waals surface area contributed by atoms with Crippen LogP contribution in [-0.4, -0.2) is 33.4 Å². The third-order valence-electron chi connectivity index (χ3n) is 1.84. The third-order valence-corrected chi connectivity index (χ3v) is 2.35. The molecule has 1 heterocycles. The number of ketones is 1. The number of aromatic nitrogens is 1. The monoisotopic (exact) mass is 305 g/mol. The van der Waals surface area contributed by atoms with Gasteiger partial charge in [0.25, 0.3) is 5.88 Å². The number of Topliss-reactive ketones (excluding diaryl/α,β-unsaturated/α-hetero) is 1. The normalized spacial score (nSPS) is 11.4. The number of nitrogens with zero attached hydrogens (tertiary/aromatic N) is 1. The molecule has 94 valence electrons. The molecule has 0 saturated heterocycles. The van der Waals surface area contributed by atoms with Crippen molar-refractivity contribution in [1.29, 1.82) is 0 Å². The van der Waals surface area contributed by atoms with Crippen molar-refractivity contribution in [1.82, 2.24) is 4.98 Å². The van der Waals surface area contributed by atoms with Crippen LogP contribution in [0.4, 0.5) is 4.39 Å². The van der Waals surface area contributed by atoms with Crippen LogP contribution in [0.15, 0.2) is 12.3 Å². The van der Waals surface area contributed by atoms with Crippen LogP contribution >= 0.6 is 15.9 Å². The number of carbonyl (C=O) groups excluding carboxylic acids is 1. The Morgan fingerprint density at radius 2 is 2.29 bits per heavy atom. The zero-order valence-electron chi connectivity index (χ0n) is 9.54. The highest BCUT2D eigenvalue weighted by molar-refractivity contribution is 9.09. The smallest absolute Gasteiger partial charge is 0.251 e. The van der Waals surface area contributed by atoms with E-state index >= 15 is 0 Å². The number of pyridine rings is 1. The van der Waals surface area contributed by atoms with E-state index < -0.39 is 17.2 Å². The van der Waals surface area contributed by atoms with E-state index in [4.69, 9.17) is 4.74 Å². The lowest BCUT2D eigenvalue weighted by Gasteiger charge is -2.17. The first-order chi connectivity index (χ1) is 7.85. The fourth-order valence-electron chi connectivity index (χ4n) is 1.06. The van der Waals surface area contributed by atoms with Gasteiger partial charge in [-0.3, -0.25) is 4.79 Å². The maximum atomic E-state index is 13.8. The highest BCUT2D eigenvalue weighted by atomic mass is 79.9. The minimum absolute atomic E-state index is 0.0267. The van der Waals surface area contributed by atoms with Gasteiger partial charge in [0.05, 0.1) is 16.5 Å². The number of halogens is 2. The SMILES string of the molecule is CC(C)(O)COc1nccc(C(=O)CBr)c1F. The van der Waals surface area contributed by atoms with Crippen LogP contribution in [0, 0.1) is 5.82 Å². The lowest BCUT2D eigenvalue weighted by Crippen LogP contribution is -2.28. The van der Waals surface area contributed by atoms with Gasteiger partial charge in [-0.2, -0.15) is 0 Å². The van der Waals surface area contributed by atoms with E-state index in [-0.39, 0.29) is 23.4 Å². The van der Waals surface area contributed by atoms with Crippen molar-refractivity contribution in [2.75, 3.05) is 11.9 Å². The minimum Gasteiger partial charge on any atom is -0.473 e. The summed E-state index contributed by atoms with van der Waals surface area (Å²) in [5.74, 6) is -1.47. The summed E-state index contributed by atoms with van der Waals surface area (Å²) in [6.45, 7) is 2.94. The Kier molecular flexibility index (Phi) is 4.59. The number of rotatable bonds is 5. The maximum absolute atomic E-state index is 13.8. The first-order valence-electron chi connectivity index (χ1n) is 4.94.